The molecule has 30 heavy (non-hydrogen) atoms. The van der Waals surface area contributed by atoms with Gasteiger partial charge in [0, 0.05) is 11.4 Å². The summed E-state index contributed by atoms with van der Waals surface area (Å²) in [5, 5.41) is 12.2. The number of benzene rings is 2. The molecule has 0 aliphatic rings. The lowest BCUT2D eigenvalue weighted by atomic mass is 10.1. The Morgan fingerprint density at radius 1 is 1.07 bits per heavy atom. The van der Waals surface area contributed by atoms with Crippen LogP contribution < -0.4 is 5.32 Å². The predicted molar refractivity (Wildman–Crippen MR) is 119 cm³/mol. The highest BCUT2D eigenvalue weighted by Crippen LogP contribution is 2.28. The number of carbonyl (C=O) groups excluding carboxylic acids is 1. The molecule has 1 amide bonds. The summed E-state index contributed by atoms with van der Waals surface area (Å²) in [5.41, 5.74) is 4.09. The maximum Gasteiger partial charge on any atom is 0.234 e. The number of amides is 1. The number of aromatic nitrogens is 3. The molecule has 0 aliphatic carbocycles. The first-order chi connectivity index (χ1) is 14.6. The second-order valence-corrected chi connectivity index (χ2v) is 7.78. The van der Waals surface area contributed by atoms with Crippen LogP contribution in [0.5, 0.6) is 0 Å². The first-order valence-corrected chi connectivity index (χ1v) is 10.7. The minimum Gasteiger partial charge on any atom is -0.461 e. The third-order valence-corrected chi connectivity index (χ3v) is 5.57. The molecule has 0 unspecified atom stereocenters. The Bertz CT molecular complexity index is 1120. The van der Waals surface area contributed by atoms with Crippen molar-refractivity contribution in [3.05, 3.63) is 78.1 Å². The van der Waals surface area contributed by atoms with Crippen molar-refractivity contribution in [3.8, 4) is 17.3 Å². The number of rotatable bonds is 7. The summed E-state index contributed by atoms with van der Waals surface area (Å²) in [6.45, 7) is 4.14. The van der Waals surface area contributed by atoms with Crippen LogP contribution in [0.15, 0.2) is 76.5 Å². The average molecular weight is 419 g/mol. The zero-order chi connectivity index (χ0) is 20.9. The third kappa shape index (κ3) is 4.46. The van der Waals surface area contributed by atoms with Gasteiger partial charge in [0.05, 0.1) is 12.0 Å². The Kier molecular flexibility index (Phi) is 5.99. The number of nitrogens with one attached hydrogen (secondary N) is 1. The van der Waals surface area contributed by atoms with E-state index < -0.39 is 0 Å². The van der Waals surface area contributed by atoms with E-state index in [-0.39, 0.29) is 11.7 Å². The van der Waals surface area contributed by atoms with E-state index in [0.29, 0.717) is 16.7 Å². The van der Waals surface area contributed by atoms with Crippen LogP contribution in [0.4, 0.5) is 5.69 Å². The number of nitrogens with zero attached hydrogens (tertiary/aromatic N) is 3. The highest BCUT2D eigenvalue weighted by atomic mass is 32.2. The molecule has 0 radical (unpaired) electrons. The first kappa shape index (κ1) is 20.0. The fourth-order valence-corrected chi connectivity index (χ4v) is 3.76. The molecule has 4 rings (SSSR count). The van der Waals surface area contributed by atoms with E-state index >= 15 is 0 Å². The predicted octanol–water partition coefficient (Wildman–Crippen LogP) is 5.13. The van der Waals surface area contributed by atoms with Gasteiger partial charge in [0.1, 0.15) is 0 Å². The van der Waals surface area contributed by atoms with Crippen LogP contribution in [0.1, 0.15) is 18.1 Å². The standard InChI is InChI=1S/C23H22N4O2S/c1-3-17-8-10-18(11-9-17)24-21(28)15-30-23-26-25-22(20-5-4-14-29-20)27(23)19-12-6-16(2)7-13-19/h4-14H,3,15H2,1-2H3,(H,24,28). The van der Waals surface area contributed by atoms with Gasteiger partial charge in [-0.05, 0) is 55.3 Å². The molecule has 0 aliphatic heterocycles. The number of thioether (sulfide) groups is 1. The van der Waals surface area contributed by atoms with Crippen LogP contribution in [-0.2, 0) is 11.2 Å². The van der Waals surface area contributed by atoms with Gasteiger partial charge in [0.15, 0.2) is 10.9 Å². The summed E-state index contributed by atoms with van der Waals surface area (Å²) >= 11 is 1.33. The van der Waals surface area contributed by atoms with Gasteiger partial charge in [-0.15, -0.1) is 10.2 Å². The average Bonchev–Trinajstić information content (AvgIpc) is 3.43. The van der Waals surface area contributed by atoms with E-state index in [4.69, 9.17) is 4.42 Å². The van der Waals surface area contributed by atoms with Crippen LogP contribution in [-0.4, -0.2) is 26.4 Å². The van der Waals surface area contributed by atoms with Crippen molar-refractivity contribution >= 4 is 23.4 Å². The van der Waals surface area contributed by atoms with E-state index in [1.807, 2.05) is 72.2 Å². The number of hydrogen-bond acceptors (Lipinski definition) is 5. The zero-order valence-corrected chi connectivity index (χ0v) is 17.6. The number of hydrogen-bond donors (Lipinski definition) is 1. The Morgan fingerprint density at radius 3 is 2.50 bits per heavy atom. The number of aryl methyl sites for hydroxylation is 2. The van der Waals surface area contributed by atoms with Crippen LogP contribution in [0, 0.1) is 6.92 Å². The summed E-state index contributed by atoms with van der Waals surface area (Å²) in [7, 11) is 0. The number of furan rings is 1. The van der Waals surface area contributed by atoms with Crippen molar-refractivity contribution in [2.75, 3.05) is 11.1 Å². The summed E-state index contributed by atoms with van der Waals surface area (Å²) in [4.78, 5) is 12.5. The highest BCUT2D eigenvalue weighted by molar-refractivity contribution is 7.99. The molecule has 2 aromatic heterocycles. The van der Waals surface area contributed by atoms with Crippen LogP contribution in [0.25, 0.3) is 17.3 Å². The highest BCUT2D eigenvalue weighted by Gasteiger charge is 2.19. The second kappa shape index (κ2) is 9.00. The van der Waals surface area contributed by atoms with Crippen LogP contribution >= 0.6 is 11.8 Å². The fraction of sp³-hybridized carbons (Fsp3) is 0.174. The Balaban J connectivity index is 1.53. The minimum atomic E-state index is -0.0951. The number of anilines is 1. The lowest BCUT2D eigenvalue weighted by Gasteiger charge is -2.10. The van der Waals surface area contributed by atoms with Gasteiger partial charge in [-0.1, -0.05) is 48.5 Å². The maximum absolute atomic E-state index is 12.5. The molecule has 6 nitrogen and oxygen atoms in total. The quantitative estimate of drug-likeness (QED) is 0.421. The van der Waals surface area contributed by atoms with Crippen molar-refractivity contribution in [2.45, 2.75) is 25.4 Å². The molecular weight excluding hydrogens is 396 g/mol. The van der Waals surface area contributed by atoms with Crippen molar-refractivity contribution in [2.24, 2.45) is 0 Å². The van der Waals surface area contributed by atoms with E-state index in [0.717, 1.165) is 23.4 Å². The fourth-order valence-electron chi connectivity index (χ4n) is 3.01. The number of carbonyl (C=O) groups is 1. The molecule has 0 bridgehead atoms. The summed E-state index contributed by atoms with van der Waals surface area (Å²) in [5.74, 6) is 1.34. The molecule has 7 heteroatoms. The van der Waals surface area contributed by atoms with Gasteiger partial charge in [0.2, 0.25) is 11.7 Å². The monoisotopic (exact) mass is 418 g/mol. The van der Waals surface area contributed by atoms with Crippen molar-refractivity contribution in [1.82, 2.24) is 14.8 Å². The van der Waals surface area contributed by atoms with Gasteiger partial charge >= 0.3 is 0 Å². The lowest BCUT2D eigenvalue weighted by molar-refractivity contribution is -0.113. The molecule has 4 aromatic rings. The third-order valence-electron chi connectivity index (χ3n) is 4.65. The van der Waals surface area contributed by atoms with Gasteiger partial charge in [-0.25, -0.2) is 0 Å². The van der Waals surface area contributed by atoms with E-state index in [1.54, 1.807) is 6.26 Å². The Morgan fingerprint density at radius 2 is 1.83 bits per heavy atom. The first-order valence-electron chi connectivity index (χ1n) is 9.72. The maximum atomic E-state index is 12.5. The van der Waals surface area contributed by atoms with Crippen molar-refractivity contribution < 1.29 is 9.21 Å². The van der Waals surface area contributed by atoms with Gasteiger partial charge in [0.25, 0.3) is 0 Å². The van der Waals surface area contributed by atoms with Gasteiger partial charge in [-0.2, -0.15) is 0 Å². The Labute approximate surface area is 179 Å². The van der Waals surface area contributed by atoms with Gasteiger partial charge in [-0.3, -0.25) is 9.36 Å². The SMILES string of the molecule is CCc1ccc(NC(=O)CSc2nnc(-c3ccco3)n2-c2ccc(C)cc2)cc1. The molecule has 1 N–H and O–H groups in total. The summed E-state index contributed by atoms with van der Waals surface area (Å²) in [6.07, 6.45) is 2.57. The molecule has 0 saturated heterocycles. The summed E-state index contributed by atoms with van der Waals surface area (Å²) < 4.78 is 7.44. The van der Waals surface area contributed by atoms with Crippen LogP contribution in [0.2, 0.25) is 0 Å². The molecule has 152 valence electrons. The van der Waals surface area contributed by atoms with E-state index in [9.17, 15) is 4.79 Å². The normalized spacial score (nSPS) is 10.9. The van der Waals surface area contributed by atoms with E-state index in [1.165, 1.54) is 17.3 Å². The summed E-state index contributed by atoms with van der Waals surface area (Å²) in [6, 6.07) is 19.6. The molecule has 0 fully saturated rings. The molecule has 0 saturated carbocycles. The molecule has 0 spiro atoms. The van der Waals surface area contributed by atoms with E-state index in [2.05, 4.69) is 22.4 Å². The molecule has 2 heterocycles. The molecule has 2 aromatic carbocycles. The van der Waals surface area contributed by atoms with Gasteiger partial charge < -0.3 is 9.73 Å². The smallest absolute Gasteiger partial charge is 0.234 e. The lowest BCUT2D eigenvalue weighted by Crippen LogP contribution is -2.14. The molecule has 0 atom stereocenters. The Hall–Kier alpha value is -3.32. The molecular formula is C23H22N4O2S. The van der Waals surface area contributed by atoms with Crippen molar-refractivity contribution in [3.63, 3.8) is 0 Å². The minimum absolute atomic E-state index is 0.0951. The van der Waals surface area contributed by atoms with Crippen molar-refractivity contribution in [1.29, 1.82) is 0 Å². The van der Waals surface area contributed by atoms with Crippen LogP contribution in [0.3, 0.4) is 0 Å². The zero-order valence-electron chi connectivity index (χ0n) is 16.8. The largest absolute Gasteiger partial charge is 0.461 e. The second-order valence-electron chi connectivity index (χ2n) is 6.84. The topological polar surface area (TPSA) is 73.0 Å².